The largest absolute Gasteiger partial charge is 0.339 e. The molecular formula is C24H27F3N4O2. The van der Waals surface area contributed by atoms with Crippen LogP contribution in [0.25, 0.3) is 0 Å². The van der Waals surface area contributed by atoms with Gasteiger partial charge in [-0.3, -0.25) is 4.79 Å². The summed E-state index contributed by atoms with van der Waals surface area (Å²) in [6.07, 6.45) is -0.132. The molecule has 4 rings (SSSR count). The summed E-state index contributed by atoms with van der Waals surface area (Å²) in [4.78, 5) is 30.8. The summed E-state index contributed by atoms with van der Waals surface area (Å²) in [5.41, 5.74) is 8.16. The van der Waals surface area contributed by atoms with E-state index in [0.717, 1.165) is 17.2 Å². The number of hydrogen-bond donors (Lipinski definition) is 1. The molecule has 0 spiro atoms. The monoisotopic (exact) mass is 460 g/mol. The highest BCUT2D eigenvalue weighted by molar-refractivity contribution is 5.80. The van der Waals surface area contributed by atoms with E-state index >= 15 is 0 Å². The fourth-order valence-electron chi connectivity index (χ4n) is 4.48. The Morgan fingerprint density at radius 3 is 2.48 bits per heavy atom. The predicted octanol–water partition coefficient (Wildman–Crippen LogP) is 2.82. The first-order valence-corrected chi connectivity index (χ1v) is 11.0. The number of carbonyl (C=O) groups excluding carboxylic acids is 2. The summed E-state index contributed by atoms with van der Waals surface area (Å²) in [6, 6.07) is 8.44. The van der Waals surface area contributed by atoms with E-state index in [1.165, 1.54) is 0 Å². The number of amides is 3. The Morgan fingerprint density at radius 2 is 1.76 bits per heavy atom. The summed E-state index contributed by atoms with van der Waals surface area (Å²) in [5, 5.41) is 0. The van der Waals surface area contributed by atoms with Gasteiger partial charge in [0.2, 0.25) is 5.91 Å². The minimum absolute atomic E-state index is 0.0295. The zero-order chi connectivity index (χ0) is 23.7. The Morgan fingerprint density at radius 1 is 1.06 bits per heavy atom. The van der Waals surface area contributed by atoms with Crippen LogP contribution < -0.4 is 5.73 Å². The van der Waals surface area contributed by atoms with Crippen molar-refractivity contribution in [3.63, 3.8) is 0 Å². The number of aryl methyl sites for hydroxylation is 1. The Labute approximate surface area is 190 Å². The Bertz CT molecular complexity index is 1050. The number of carbonyl (C=O) groups is 2. The predicted molar refractivity (Wildman–Crippen MR) is 117 cm³/mol. The number of halogens is 3. The smallest absolute Gasteiger partial charge is 0.320 e. The number of nitrogens with zero attached hydrogens (tertiary/aromatic N) is 3. The summed E-state index contributed by atoms with van der Waals surface area (Å²) in [6.45, 7) is 4.30. The molecule has 2 heterocycles. The summed E-state index contributed by atoms with van der Waals surface area (Å²) >= 11 is 0. The number of nitrogens with two attached hydrogens (primary N) is 1. The minimum atomic E-state index is -1.26. The molecule has 2 aliphatic heterocycles. The second-order valence-electron chi connectivity index (χ2n) is 8.86. The van der Waals surface area contributed by atoms with Crippen molar-refractivity contribution in [3.05, 3.63) is 70.5 Å². The zero-order valence-electron chi connectivity index (χ0n) is 18.4. The fraction of sp³-hybridized carbons (Fsp3) is 0.417. The van der Waals surface area contributed by atoms with Crippen LogP contribution in [-0.4, -0.2) is 64.9 Å². The highest BCUT2D eigenvalue weighted by Gasteiger charge is 2.41. The van der Waals surface area contributed by atoms with Crippen molar-refractivity contribution in [2.24, 2.45) is 5.73 Å². The lowest BCUT2D eigenvalue weighted by Gasteiger charge is -2.36. The molecule has 2 atom stereocenters. The number of urea groups is 1. The van der Waals surface area contributed by atoms with Gasteiger partial charge in [0.05, 0.1) is 6.04 Å². The lowest BCUT2D eigenvalue weighted by molar-refractivity contribution is -0.133. The first kappa shape index (κ1) is 23.1. The summed E-state index contributed by atoms with van der Waals surface area (Å²) in [7, 11) is 0. The van der Waals surface area contributed by atoms with Gasteiger partial charge in [-0.05, 0) is 30.5 Å². The SMILES string of the molecule is Cc1ccc(CN2CC3CN(C(=O)C[C@H](N)Cc4cc(F)c(F)cc4F)CCN3C2=O)cc1. The van der Waals surface area contributed by atoms with Crippen LogP contribution in [0, 0.1) is 24.4 Å². The molecule has 0 bridgehead atoms. The van der Waals surface area contributed by atoms with Gasteiger partial charge in [0.15, 0.2) is 11.6 Å². The maximum absolute atomic E-state index is 13.9. The molecule has 33 heavy (non-hydrogen) atoms. The van der Waals surface area contributed by atoms with Crippen molar-refractivity contribution in [1.82, 2.24) is 14.7 Å². The molecule has 2 aliphatic rings. The van der Waals surface area contributed by atoms with Gasteiger partial charge in [-0.1, -0.05) is 29.8 Å². The van der Waals surface area contributed by atoms with Crippen LogP contribution in [0.1, 0.15) is 23.1 Å². The summed E-state index contributed by atoms with van der Waals surface area (Å²) in [5.74, 6) is -3.50. The maximum Gasteiger partial charge on any atom is 0.320 e. The average molecular weight is 461 g/mol. The molecule has 0 aromatic heterocycles. The van der Waals surface area contributed by atoms with Crippen LogP contribution in [0.5, 0.6) is 0 Å². The second-order valence-corrected chi connectivity index (χ2v) is 8.86. The molecule has 2 aromatic rings. The van der Waals surface area contributed by atoms with Gasteiger partial charge in [-0.15, -0.1) is 0 Å². The van der Waals surface area contributed by atoms with E-state index in [1.807, 2.05) is 31.2 Å². The Kier molecular flexibility index (Phi) is 6.60. The van der Waals surface area contributed by atoms with E-state index < -0.39 is 23.5 Å². The maximum atomic E-state index is 13.9. The second kappa shape index (κ2) is 9.43. The highest BCUT2D eigenvalue weighted by Crippen LogP contribution is 2.23. The molecule has 176 valence electrons. The van der Waals surface area contributed by atoms with E-state index in [0.29, 0.717) is 38.8 Å². The van der Waals surface area contributed by atoms with E-state index in [4.69, 9.17) is 5.73 Å². The van der Waals surface area contributed by atoms with Crippen LogP contribution in [0.3, 0.4) is 0 Å². The molecule has 2 aromatic carbocycles. The van der Waals surface area contributed by atoms with Crippen molar-refractivity contribution in [3.8, 4) is 0 Å². The van der Waals surface area contributed by atoms with Gasteiger partial charge < -0.3 is 20.4 Å². The third-order valence-corrected chi connectivity index (χ3v) is 6.29. The quantitative estimate of drug-likeness (QED) is 0.674. The van der Waals surface area contributed by atoms with Gasteiger partial charge in [0, 0.05) is 51.3 Å². The van der Waals surface area contributed by atoms with Crippen LogP contribution in [-0.2, 0) is 17.8 Å². The fourth-order valence-corrected chi connectivity index (χ4v) is 4.48. The topological polar surface area (TPSA) is 69.9 Å². The number of hydrogen-bond acceptors (Lipinski definition) is 3. The number of fused-ring (bicyclic) bond motifs is 1. The van der Waals surface area contributed by atoms with Crippen LogP contribution in [0.15, 0.2) is 36.4 Å². The molecule has 0 saturated carbocycles. The highest BCUT2D eigenvalue weighted by atomic mass is 19.2. The Hall–Kier alpha value is -3.07. The van der Waals surface area contributed by atoms with Gasteiger partial charge in [0.1, 0.15) is 5.82 Å². The van der Waals surface area contributed by atoms with Gasteiger partial charge in [0.25, 0.3) is 0 Å². The number of rotatable bonds is 6. The van der Waals surface area contributed by atoms with E-state index in [2.05, 4.69) is 0 Å². The van der Waals surface area contributed by atoms with Gasteiger partial charge >= 0.3 is 6.03 Å². The normalized spacial score (nSPS) is 19.1. The van der Waals surface area contributed by atoms with Crippen LogP contribution in [0.2, 0.25) is 0 Å². The van der Waals surface area contributed by atoms with Gasteiger partial charge in [-0.25, -0.2) is 18.0 Å². The molecular weight excluding hydrogens is 433 g/mol. The Balaban J connectivity index is 1.32. The van der Waals surface area contributed by atoms with Crippen molar-refractivity contribution in [1.29, 1.82) is 0 Å². The molecule has 2 fully saturated rings. The molecule has 1 unspecified atom stereocenters. The number of piperazine rings is 1. The molecule has 9 heteroatoms. The van der Waals surface area contributed by atoms with Crippen LogP contribution >= 0.6 is 0 Å². The van der Waals surface area contributed by atoms with E-state index in [9.17, 15) is 22.8 Å². The minimum Gasteiger partial charge on any atom is -0.339 e. The molecule has 0 radical (unpaired) electrons. The average Bonchev–Trinajstić information content (AvgIpc) is 3.08. The van der Waals surface area contributed by atoms with E-state index in [-0.39, 0.29) is 36.4 Å². The van der Waals surface area contributed by atoms with Crippen molar-refractivity contribution < 1.29 is 22.8 Å². The van der Waals surface area contributed by atoms with Crippen molar-refractivity contribution in [2.45, 2.75) is 38.4 Å². The van der Waals surface area contributed by atoms with E-state index in [1.54, 1.807) is 14.7 Å². The standard InChI is InChI=1S/C24H27F3N4O2/c1-15-2-4-16(5-3-15)12-30-14-19-13-29(6-7-31(19)24(30)33)23(32)10-18(28)8-17-9-21(26)22(27)11-20(17)25/h2-5,9,11,18-19H,6-8,10,12-14,28H2,1H3/t18-,19?/m1/s1. The lowest BCUT2D eigenvalue weighted by atomic mass is 10.0. The molecule has 3 amide bonds. The first-order valence-electron chi connectivity index (χ1n) is 11.0. The molecule has 0 aliphatic carbocycles. The molecule has 6 nitrogen and oxygen atoms in total. The van der Waals surface area contributed by atoms with Gasteiger partial charge in [-0.2, -0.15) is 0 Å². The molecule has 2 N–H and O–H groups in total. The summed E-state index contributed by atoms with van der Waals surface area (Å²) < 4.78 is 40.4. The third-order valence-electron chi connectivity index (χ3n) is 6.29. The molecule has 2 saturated heterocycles. The lowest BCUT2D eigenvalue weighted by Crippen LogP contribution is -2.54. The zero-order valence-corrected chi connectivity index (χ0v) is 18.4. The number of benzene rings is 2. The van der Waals surface area contributed by atoms with Crippen molar-refractivity contribution >= 4 is 11.9 Å². The first-order chi connectivity index (χ1) is 15.7. The third kappa shape index (κ3) is 5.13. The van der Waals surface area contributed by atoms with Crippen molar-refractivity contribution in [2.75, 3.05) is 26.2 Å². The van der Waals surface area contributed by atoms with Crippen LogP contribution in [0.4, 0.5) is 18.0 Å².